The van der Waals surface area contributed by atoms with Gasteiger partial charge in [-0.1, -0.05) is 0 Å². The van der Waals surface area contributed by atoms with Crippen LogP contribution in [0.15, 0.2) is 23.2 Å². The number of hydrogen-bond donors (Lipinski definition) is 1. The molecule has 0 spiro atoms. The molecule has 0 atom stereocenters. The fourth-order valence-corrected chi connectivity index (χ4v) is 3.36. The number of fused-ring (bicyclic) bond motifs is 2. The Morgan fingerprint density at radius 2 is 2.00 bits per heavy atom. The number of nitrogens with zero attached hydrogens (tertiary/aromatic N) is 4. The number of amides is 1. The van der Waals surface area contributed by atoms with Crippen LogP contribution >= 0.6 is 0 Å². The Kier molecular flexibility index (Phi) is 4.52. The summed E-state index contributed by atoms with van der Waals surface area (Å²) in [6.45, 7) is 13.2. The molecule has 26 heavy (non-hydrogen) atoms. The van der Waals surface area contributed by atoms with Gasteiger partial charge in [0.25, 0.3) is 0 Å². The van der Waals surface area contributed by atoms with E-state index >= 15 is 0 Å². The van der Waals surface area contributed by atoms with E-state index in [0.717, 1.165) is 42.0 Å². The van der Waals surface area contributed by atoms with Gasteiger partial charge in [-0.2, -0.15) is 9.72 Å². The Balaban J connectivity index is 2.03. The monoisotopic (exact) mass is 359 g/mol. The molecule has 2 heterocycles. The quantitative estimate of drug-likeness (QED) is 0.661. The van der Waals surface area contributed by atoms with Gasteiger partial charge in [-0.05, 0) is 52.8 Å². The number of ether oxygens (including phenoxy) is 1. The highest BCUT2D eigenvalue weighted by Gasteiger charge is 2.37. The first-order chi connectivity index (χ1) is 12.2. The molecule has 0 aromatic rings. The average Bonchev–Trinajstić information content (AvgIpc) is 2.94. The van der Waals surface area contributed by atoms with E-state index in [0.29, 0.717) is 16.7 Å². The van der Waals surface area contributed by atoms with Gasteiger partial charge in [0, 0.05) is 0 Å². The van der Waals surface area contributed by atoms with Crippen LogP contribution in [0.4, 0.5) is 4.79 Å². The zero-order chi connectivity index (χ0) is 19.1. The lowest BCUT2D eigenvalue weighted by molar-refractivity contribution is -0.944. The minimum Gasteiger partial charge on any atom is -0.442 e. The molecule has 0 unspecified atom stereocenters. The second kappa shape index (κ2) is 6.39. The molecule has 0 saturated heterocycles. The number of carbonyl (C=O) groups is 1. The van der Waals surface area contributed by atoms with E-state index in [1.807, 2.05) is 0 Å². The molecule has 7 nitrogen and oxygen atoms in total. The summed E-state index contributed by atoms with van der Waals surface area (Å²) >= 11 is 0. The van der Waals surface area contributed by atoms with Gasteiger partial charge < -0.3 is 14.4 Å². The van der Waals surface area contributed by atoms with Crippen LogP contribution in [0, 0.1) is 0 Å². The molecule has 1 aliphatic carbocycles. The molecule has 0 fully saturated rings. The predicted octanol–water partition coefficient (Wildman–Crippen LogP) is 2.93. The second-order valence-electron chi connectivity index (χ2n) is 7.87. The van der Waals surface area contributed by atoms with Gasteiger partial charge in [0.1, 0.15) is 35.8 Å². The number of benzene rings is 1. The van der Waals surface area contributed by atoms with Crippen molar-refractivity contribution in [3.8, 4) is 11.4 Å². The van der Waals surface area contributed by atoms with Crippen molar-refractivity contribution in [1.82, 2.24) is 9.71 Å². The summed E-state index contributed by atoms with van der Waals surface area (Å²) in [5.74, 6) is 0. The molecule has 1 amide bonds. The largest absolute Gasteiger partial charge is 0.442 e. The summed E-state index contributed by atoms with van der Waals surface area (Å²) < 4.78 is 7.31. The van der Waals surface area contributed by atoms with Gasteiger partial charge in [0.2, 0.25) is 0 Å². The average molecular weight is 359 g/mol. The van der Waals surface area contributed by atoms with Crippen LogP contribution in [0.25, 0.3) is 11.4 Å². The standard InChI is InChI=1S/C19H27N4O3/c1-6-23(7-2)11-15-17(12-23)22(25)16-10-13(8-9-14(16)21-15)20-18(24)26-19(3,4)5/h8-10,25H,6-7,11-12H2,1-5H3/q+1. The van der Waals surface area contributed by atoms with Crippen molar-refractivity contribution in [2.45, 2.75) is 53.3 Å². The molecule has 3 aliphatic rings. The lowest BCUT2D eigenvalue weighted by atomic mass is 10.2. The highest BCUT2D eigenvalue weighted by molar-refractivity contribution is 5.69. The molecule has 0 aromatic carbocycles. The van der Waals surface area contributed by atoms with Gasteiger partial charge in [0.15, 0.2) is 0 Å². The van der Waals surface area contributed by atoms with E-state index in [4.69, 9.17) is 9.72 Å². The van der Waals surface area contributed by atoms with Gasteiger partial charge in [-0.25, -0.2) is 9.78 Å². The zero-order valence-corrected chi connectivity index (χ0v) is 16.1. The van der Waals surface area contributed by atoms with Gasteiger partial charge in [-0.3, -0.25) is 0 Å². The highest BCUT2D eigenvalue weighted by atomic mass is 16.6. The number of rotatable bonds is 2. The minimum absolute atomic E-state index is 0.432. The lowest BCUT2D eigenvalue weighted by Crippen LogP contribution is -2.42. The van der Waals surface area contributed by atoms with E-state index in [2.05, 4.69) is 18.8 Å². The van der Waals surface area contributed by atoms with E-state index in [9.17, 15) is 10.0 Å². The molecular weight excluding hydrogens is 332 g/mol. The summed E-state index contributed by atoms with van der Waals surface area (Å²) in [7, 11) is 0. The normalized spacial score (nSPS) is 16.7. The van der Waals surface area contributed by atoms with E-state index in [-0.39, 0.29) is 0 Å². The van der Waals surface area contributed by atoms with Crippen molar-refractivity contribution in [3.05, 3.63) is 34.9 Å². The second-order valence-corrected chi connectivity index (χ2v) is 7.87. The van der Waals surface area contributed by atoms with Gasteiger partial charge in [-0.15, -0.1) is 0 Å². The Morgan fingerprint density at radius 3 is 2.62 bits per heavy atom. The molecule has 1 N–H and O–H groups in total. The third kappa shape index (κ3) is 3.44. The number of carbonyl (C=O) groups excluding carboxylic acids is 1. The molecule has 2 aliphatic heterocycles. The van der Waals surface area contributed by atoms with E-state index in [1.165, 1.54) is 4.73 Å². The van der Waals surface area contributed by atoms with Crippen LogP contribution in [0.5, 0.6) is 0 Å². The molecule has 0 saturated carbocycles. The van der Waals surface area contributed by atoms with Crippen molar-refractivity contribution in [2.75, 3.05) is 13.1 Å². The predicted molar refractivity (Wildman–Crippen MR) is 96.6 cm³/mol. The van der Waals surface area contributed by atoms with E-state index in [1.54, 1.807) is 39.0 Å². The van der Waals surface area contributed by atoms with Crippen LogP contribution in [0.2, 0.25) is 0 Å². The maximum atomic E-state index is 11.9. The summed E-state index contributed by atoms with van der Waals surface area (Å²) in [6, 6.07) is 5.15. The molecular formula is C19H27N4O3+. The van der Waals surface area contributed by atoms with Crippen LogP contribution in [-0.2, 0) is 17.8 Å². The zero-order valence-electron chi connectivity index (χ0n) is 16.1. The van der Waals surface area contributed by atoms with Crippen molar-refractivity contribution < 1.29 is 19.2 Å². The smallest absolute Gasteiger partial charge is 0.434 e. The fraction of sp³-hybridized carbons (Fsp3) is 0.526. The molecule has 3 rings (SSSR count). The van der Waals surface area contributed by atoms with Crippen molar-refractivity contribution >= 4 is 6.09 Å². The van der Waals surface area contributed by atoms with E-state index < -0.39 is 11.7 Å². The van der Waals surface area contributed by atoms with Crippen molar-refractivity contribution in [1.29, 1.82) is 0 Å². The van der Waals surface area contributed by atoms with Crippen molar-refractivity contribution in [2.24, 2.45) is 4.99 Å². The summed E-state index contributed by atoms with van der Waals surface area (Å²) in [5, 5.41) is 11.2. The van der Waals surface area contributed by atoms with Crippen molar-refractivity contribution in [3.63, 3.8) is 0 Å². The molecule has 0 aromatic heterocycles. The third-order valence-corrected chi connectivity index (χ3v) is 4.96. The Bertz CT molecular complexity index is 875. The first-order valence-corrected chi connectivity index (χ1v) is 9.03. The lowest BCUT2D eigenvalue weighted by Gasteiger charge is -2.30. The van der Waals surface area contributed by atoms with Crippen LogP contribution in [0.1, 0.15) is 46.0 Å². The first-order valence-electron chi connectivity index (χ1n) is 9.03. The number of hydrogen-bond acceptors (Lipinski definition) is 4. The Labute approximate surface area is 153 Å². The third-order valence-electron chi connectivity index (χ3n) is 4.96. The summed E-state index contributed by atoms with van der Waals surface area (Å²) in [6.07, 6.45) is -0.650. The minimum atomic E-state index is -0.650. The summed E-state index contributed by atoms with van der Waals surface area (Å²) in [5.41, 5.74) is 2.39. The van der Waals surface area contributed by atoms with Gasteiger partial charge in [0.05, 0.1) is 24.1 Å². The first kappa shape index (κ1) is 18.4. The van der Waals surface area contributed by atoms with Crippen LogP contribution in [0.3, 0.4) is 0 Å². The highest BCUT2D eigenvalue weighted by Crippen LogP contribution is 2.31. The number of quaternary nitrogens is 1. The van der Waals surface area contributed by atoms with Gasteiger partial charge >= 0.3 is 6.09 Å². The Morgan fingerprint density at radius 1 is 1.31 bits per heavy atom. The summed E-state index contributed by atoms with van der Waals surface area (Å²) in [4.78, 5) is 20.6. The molecule has 0 bridgehead atoms. The van der Waals surface area contributed by atoms with Crippen LogP contribution < -0.4 is 5.36 Å². The maximum Gasteiger partial charge on any atom is 0.434 e. The fourth-order valence-electron chi connectivity index (χ4n) is 3.36. The Hall–Kier alpha value is -2.41. The SMILES string of the molecule is CC[N+]1(CC)Cc2nc3ccc(=NC(=O)OC(C)(C)C)cc-3n(O)c2C1. The number of aromatic nitrogens is 2. The maximum absolute atomic E-state index is 11.9. The topological polar surface area (TPSA) is 76.7 Å². The van der Waals surface area contributed by atoms with Crippen LogP contribution in [-0.4, -0.2) is 44.2 Å². The molecule has 7 heteroatoms. The molecule has 0 radical (unpaired) electrons. The molecule has 140 valence electrons.